The second kappa shape index (κ2) is 8.54. The highest BCUT2D eigenvalue weighted by atomic mass is 32.2. The van der Waals surface area contributed by atoms with Gasteiger partial charge in [0.25, 0.3) is 0 Å². The Bertz CT molecular complexity index is 300. The maximum absolute atomic E-state index is 12.8. The van der Waals surface area contributed by atoms with Gasteiger partial charge in [0, 0.05) is 16.7 Å². The van der Waals surface area contributed by atoms with Crippen molar-refractivity contribution in [3.8, 4) is 0 Å². The minimum atomic E-state index is -0.163. The minimum absolute atomic E-state index is 0.163. The molecule has 0 aromatic heterocycles. The topological polar surface area (TPSA) is 12.0 Å². The lowest BCUT2D eigenvalue weighted by Gasteiger charge is -2.17. The van der Waals surface area contributed by atoms with E-state index in [9.17, 15) is 4.39 Å². The third kappa shape index (κ3) is 6.08. The Kier molecular flexibility index (Phi) is 7.29. The monoisotopic (exact) mass is 255 g/mol. The van der Waals surface area contributed by atoms with Crippen molar-refractivity contribution in [1.29, 1.82) is 0 Å². The first-order chi connectivity index (χ1) is 8.26. The molecule has 0 amide bonds. The summed E-state index contributed by atoms with van der Waals surface area (Å²) in [5.41, 5.74) is 0. The van der Waals surface area contributed by atoms with Gasteiger partial charge in [-0.1, -0.05) is 20.3 Å². The highest BCUT2D eigenvalue weighted by Crippen LogP contribution is 2.20. The first-order valence-electron chi connectivity index (χ1n) is 6.38. The molecule has 0 bridgehead atoms. The van der Waals surface area contributed by atoms with Crippen LogP contribution in [0.1, 0.15) is 33.1 Å². The van der Waals surface area contributed by atoms with Gasteiger partial charge in [-0.15, -0.1) is 11.8 Å². The van der Waals surface area contributed by atoms with Gasteiger partial charge in [-0.2, -0.15) is 0 Å². The Morgan fingerprint density at radius 2 is 1.88 bits per heavy atom. The zero-order valence-electron chi connectivity index (χ0n) is 10.7. The summed E-state index contributed by atoms with van der Waals surface area (Å²) in [5.74, 6) is 0.892. The Labute approximate surface area is 108 Å². The van der Waals surface area contributed by atoms with Crippen molar-refractivity contribution in [3.63, 3.8) is 0 Å². The van der Waals surface area contributed by atoms with Crippen LogP contribution in [0.3, 0.4) is 0 Å². The summed E-state index contributed by atoms with van der Waals surface area (Å²) in [7, 11) is 0. The Morgan fingerprint density at radius 1 is 1.18 bits per heavy atom. The minimum Gasteiger partial charge on any atom is -0.313 e. The molecule has 1 atom stereocenters. The molecule has 0 radical (unpaired) electrons. The van der Waals surface area contributed by atoms with Crippen LogP contribution in [-0.4, -0.2) is 18.3 Å². The van der Waals surface area contributed by atoms with Crippen LogP contribution in [-0.2, 0) is 0 Å². The van der Waals surface area contributed by atoms with E-state index in [1.165, 1.54) is 31.4 Å². The van der Waals surface area contributed by atoms with E-state index in [0.29, 0.717) is 6.04 Å². The summed E-state index contributed by atoms with van der Waals surface area (Å²) in [6, 6.07) is 7.31. The molecular weight excluding hydrogens is 233 g/mol. The highest BCUT2D eigenvalue weighted by Gasteiger charge is 2.07. The van der Waals surface area contributed by atoms with E-state index in [0.717, 1.165) is 17.2 Å². The van der Waals surface area contributed by atoms with Crippen molar-refractivity contribution in [3.05, 3.63) is 30.1 Å². The standard InChI is InChI=1S/C14H22FNS/c1-3-5-13(16-10-4-2)11-17-14-8-6-12(15)7-9-14/h6-9,13,16H,3-5,10-11H2,1-2H3. The van der Waals surface area contributed by atoms with E-state index in [2.05, 4.69) is 19.2 Å². The third-order valence-electron chi connectivity index (χ3n) is 2.58. The molecule has 0 heterocycles. The molecule has 96 valence electrons. The van der Waals surface area contributed by atoms with Gasteiger partial charge in [-0.25, -0.2) is 4.39 Å². The summed E-state index contributed by atoms with van der Waals surface area (Å²) >= 11 is 1.80. The Balaban J connectivity index is 2.37. The van der Waals surface area contributed by atoms with Crippen LogP contribution < -0.4 is 5.32 Å². The summed E-state index contributed by atoms with van der Waals surface area (Å²) in [5, 5.41) is 3.56. The average Bonchev–Trinajstić information content (AvgIpc) is 2.35. The number of hydrogen-bond acceptors (Lipinski definition) is 2. The SMILES string of the molecule is CCCNC(CCC)CSc1ccc(F)cc1. The van der Waals surface area contributed by atoms with E-state index < -0.39 is 0 Å². The second-order valence-corrected chi connectivity index (χ2v) is 5.30. The van der Waals surface area contributed by atoms with Gasteiger partial charge in [-0.05, 0) is 43.7 Å². The van der Waals surface area contributed by atoms with Crippen molar-refractivity contribution >= 4 is 11.8 Å². The quantitative estimate of drug-likeness (QED) is 0.702. The summed E-state index contributed by atoms with van der Waals surface area (Å²) in [4.78, 5) is 1.14. The molecule has 3 heteroatoms. The molecule has 0 aliphatic heterocycles. The van der Waals surface area contributed by atoms with Crippen LogP contribution in [0.2, 0.25) is 0 Å². The molecule has 17 heavy (non-hydrogen) atoms. The van der Waals surface area contributed by atoms with Gasteiger partial charge in [0.15, 0.2) is 0 Å². The van der Waals surface area contributed by atoms with Crippen LogP contribution in [0.4, 0.5) is 4.39 Å². The number of halogens is 1. The van der Waals surface area contributed by atoms with E-state index in [1.807, 2.05) is 12.1 Å². The molecule has 0 aliphatic carbocycles. The van der Waals surface area contributed by atoms with Crippen LogP contribution in [0.5, 0.6) is 0 Å². The molecule has 1 aromatic carbocycles. The van der Waals surface area contributed by atoms with Gasteiger partial charge < -0.3 is 5.32 Å². The van der Waals surface area contributed by atoms with Crippen molar-refractivity contribution in [2.24, 2.45) is 0 Å². The highest BCUT2D eigenvalue weighted by molar-refractivity contribution is 7.99. The summed E-state index contributed by atoms with van der Waals surface area (Å²) in [6.07, 6.45) is 3.57. The normalized spacial score (nSPS) is 12.6. The Hall–Kier alpha value is -0.540. The predicted octanol–water partition coefficient (Wildman–Crippen LogP) is 4.09. The van der Waals surface area contributed by atoms with Crippen molar-refractivity contribution in [2.75, 3.05) is 12.3 Å². The fourth-order valence-electron chi connectivity index (χ4n) is 1.67. The maximum Gasteiger partial charge on any atom is 0.123 e. The number of benzene rings is 1. The van der Waals surface area contributed by atoms with E-state index in [4.69, 9.17) is 0 Å². The molecule has 1 N–H and O–H groups in total. The van der Waals surface area contributed by atoms with Crippen LogP contribution in [0.15, 0.2) is 29.2 Å². The van der Waals surface area contributed by atoms with Crippen LogP contribution in [0.25, 0.3) is 0 Å². The van der Waals surface area contributed by atoms with E-state index in [-0.39, 0.29) is 5.82 Å². The van der Waals surface area contributed by atoms with E-state index >= 15 is 0 Å². The van der Waals surface area contributed by atoms with Crippen LogP contribution in [0, 0.1) is 5.82 Å². The number of nitrogens with one attached hydrogen (secondary N) is 1. The average molecular weight is 255 g/mol. The van der Waals surface area contributed by atoms with Gasteiger partial charge in [0.1, 0.15) is 5.82 Å². The Morgan fingerprint density at radius 3 is 2.47 bits per heavy atom. The largest absolute Gasteiger partial charge is 0.313 e. The summed E-state index contributed by atoms with van der Waals surface area (Å²) in [6.45, 7) is 5.47. The zero-order valence-corrected chi connectivity index (χ0v) is 11.5. The number of hydrogen-bond donors (Lipinski definition) is 1. The van der Waals surface area contributed by atoms with Crippen molar-refractivity contribution in [2.45, 2.75) is 44.0 Å². The second-order valence-electron chi connectivity index (χ2n) is 4.20. The maximum atomic E-state index is 12.8. The molecular formula is C14H22FNS. The van der Waals surface area contributed by atoms with Crippen molar-refractivity contribution in [1.82, 2.24) is 5.32 Å². The van der Waals surface area contributed by atoms with Gasteiger partial charge >= 0.3 is 0 Å². The summed E-state index contributed by atoms with van der Waals surface area (Å²) < 4.78 is 12.8. The van der Waals surface area contributed by atoms with Crippen LogP contribution >= 0.6 is 11.8 Å². The fraction of sp³-hybridized carbons (Fsp3) is 0.571. The lowest BCUT2D eigenvalue weighted by atomic mass is 10.2. The smallest absolute Gasteiger partial charge is 0.123 e. The van der Waals surface area contributed by atoms with Gasteiger partial charge in [0.2, 0.25) is 0 Å². The third-order valence-corrected chi connectivity index (χ3v) is 3.76. The molecule has 1 aromatic rings. The molecule has 1 nitrogen and oxygen atoms in total. The molecule has 0 spiro atoms. The first kappa shape index (κ1) is 14.5. The molecule has 1 unspecified atom stereocenters. The molecule has 0 fully saturated rings. The molecule has 0 aliphatic rings. The first-order valence-corrected chi connectivity index (χ1v) is 7.36. The number of thioether (sulfide) groups is 1. The predicted molar refractivity (Wildman–Crippen MR) is 74.1 cm³/mol. The van der Waals surface area contributed by atoms with Gasteiger partial charge in [-0.3, -0.25) is 0 Å². The van der Waals surface area contributed by atoms with E-state index in [1.54, 1.807) is 11.8 Å². The van der Waals surface area contributed by atoms with Gasteiger partial charge in [0.05, 0.1) is 0 Å². The lowest BCUT2D eigenvalue weighted by Crippen LogP contribution is -2.31. The molecule has 0 saturated heterocycles. The number of rotatable bonds is 8. The lowest BCUT2D eigenvalue weighted by molar-refractivity contribution is 0.514. The van der Waals surface area contributed by atoms with Crippen molar-refractivity contribution < 1.29 is 4.39 Å². The zero-order chi connectivity index (χ0) is 12.5. The fourth-order valence-corrected chi connectivity index (χ4v) is 2.68. The molecule has 0 saturated carbocycles. The molecule has 1 rings (SSSR count).